The highest BCUT2D eigenvalue weighted by Crippen LogP contribution is 2.38. The third-order valence-corrected chi connectivity index (χ3v) is 3.05. The van der Waals surface area contributed by atoms with Crippen molar-refractivity contribution in [2.24, 2.45) is 0 Å². The van der Waals surface area contributed by atoms with E-state index in [4.69, 9.17) is 0 Å². The van der Waals surface area contributed by atoms with Gasteiger partial charge in [-0.3, -0.25) is 4.68 Å². The van der Waals surface area contributed by atoms with Crippen molar-refractivity contribution in [3.8, 4) is 0 Å². The summed E-state index contributed by atoms with van der Waals surface area (Å²) in [6.07, 6.45) is 2.55. The first-order valence-corrected chi connectivity index (χ1v) is 5.28. The summed E-state index contributed by atoms with van der Waals surface area (Å²) in [5.74, 6) is 0. The van der Waals surface area contributed by atoms with E-state index in [1.165, 1.54) is 23.7 Å². The molecule has 0 aliphatic heterocycles. The molecule has 0 atom stereocenters. The molecule has 1 aliphatic carbocycles. The van der Waals surface area contributed by atoms with Gasteiger partial charge in [0.25, 0.3) is 0 Å². The number of aromatic nitrogens is 2. The van der Waals surface area contributed by atoms with Crippen LogP contribution in [0, 0.1) is 0 Å². The maximum absolute atomic E-state index is 4.49. The van der Waals surface area contributed by atoms with Crippen LogP contribution >= 0.6 is 15.9 Å². The van der Waals surface area contributed by atoms with E-state index in [9.17, 15) is 0 Å². The van der Waals surface area contributed by atoms with Gasteiger partial charge in [0.2, 0.25) is 0 Å². The summed E-state index contributed by atoms with van der Waals surface area (Å²) in [4.78, 5) is 0. The monoisotopic (exact) mass is 236 g/mol. The molecular formula is C10H9BrN2. The summed E-state index contributed by atoms with van der Waals surface area (Å²) >= 11 is 3.48. The zero-order valence-electron chi connectivity index (χ0n) is 7.07. The van der Waals surface area contributed by atoms with Gasteiger partial charge in [0.15, 0.2) is 0 Å². The van der Waals surface area contributed by atoms with Crippen molar-refractivity contribution < 1.29 is 0 Å². The Bertz CT molecular complexity index is 457. The second-order valence-corrected chi connectivity index (χ2v) is 4.23. The molecule has 3 heteroatoms. The minimum absolute atomic E-state index is 0.649. The van der Waals surface area contributed by atoms with Gasteiger partial charge in [0.05, 0.1) is 11.6 Å². The van der Waals surface area contributed by atoms with Crippen molar-refractivity contribution in [3.63, 3.8) is 0 Å². The second kappa shape index (κ2) is 2.58. The number of hydrogen-bond acceptors (Lipinski definition) is 1. The van der Waals surface area contributed by atoms with Gasteiger partial charge in [-0.1, -0.05) is 18.2 Å². The molecule has 0 N–H and O–H groups in total. The quantitative estimate of drug-likeness (QED) is 0.744. The van der Waals surface area contributed by atoms with E-state index in [1.807, 2.05) is 6.07 Å². The van der Waals surface area contributed by atoms with Crippen LogP contribution in [0.1, 0.15) is 18.9 Å². The lowest BCUT2D eigenvalue weighted by Gasteiger charge is -1.97. The molecule has 1 aliphatic rings. The van der Waals surface area contributed by atoms with Crippen LogP contribution in [-0.4, -0.2) is 9.78 Å². The van der Waals surface area contributed by atoms with Crippen LogP contribution in [0.2, 0.25) is 0 Å². The normalized spacial score (nSPS) is 16.7. The molecule has 1 heterocycles. The van der Waals surface area contributed by atoms with Gasteiger partial charge in [0.1, 0.15) is 4.60 Å². The fraction of sp³-hybridized carbons (Fsp3) is 0.300. The Morgan fingerprint density at radius 2 is 2.08 bits per heavy atom. The number of nitrogens with zero attached hydrogens (tertiary/aromatic N) is 2. The molecule has 1 aromatic heterocycles. The SMILES string of the molecule is Brc1nn(C2CC2)c2ccccc12. The zero-order valence-corrected chi connectivity index (χ0v) is 8.66. The number of para-hydroxylation sites is 1. The maximum atomic E-state index is 4.49. The Morgan fingerprint density at radius 1 is 1.31 bits per heavy atom. The zero-order chi connectivity index (χ0) is 8.84. The van der Waals surface area contributed by atoms with Crippen molar-refractivity contribution >= 4 is 26.8 Å². The third-order valence-electron chi connectivity index (χ3n) is 2.46. The molecule has 66 valence electrons. The first-order valence-electron chi connectivity index (χ1n) is 4.49. The van der Waals surface area contributed by atoms with Crippen molar-refractivity contribution in [1.29, 1.82) is 0 Å². The molecule has 2 aromatic rings. The van der Waals surface area contributed by atoms with Crippen LogP contribution < -0.4 is 0 Å². The van der Waals surface area contributed by atoms with Crippen LogP contribution in [0.5, 0.6) is 0 Å². The molecule has 0 spiro atoms. The highest BCUT2D eigenvalue weighted by Gasteiger charge is 2.26. The number of fused-ring (bicyclic) bond motifs is 1. The minimum Gasteiger partial charge on any atom is -0.261 e. The molecule has 0 radical (unpaired) electrons. The number of halogens is 1. The third kappa shape index (κ3) is 1.10. The molecule has 2 nitrogen and oxygen atoms in total. The summed E-state index contributed by atoms with van der Waals surface area (Å²) < 4.78 is 3.11. The molecule has 0 amide bonds. The second-order valence-electron chi connectivity index (χ2n) is 3.48. The average Bonchev–Trinajstić information content (AvgIpc) is 2.94. The predicted molar refractivity (Wildman–Crippen MR) is 55.7 cm³/mol. The Morgan fingerprint density at radius 3 is 2.85 bits per heavy atom. The van der Waals surface area contributed by atoms with E-state index in [1.54, 1.807) is 0 Å². The summed E-state index contributed by atoms with van der Waals surface area (Å²) in [6, 6.07) is 8.99. The van der Waals surface area contributed by atoms with Gasteiger partial charge in [-0.15, -0.1) is 0 Å². The standard InChI is InChI=1S/C10H9BrN2/c11-10-8-3-1-2-4-9(8)13(12-10)7-5-6-7/h1-4,7H,5-6H2. The molecule has 0 unspecified atom stereocenters. The van der Waals surface area contributed by atoms with Gasteiger partial charge in [-0.25, -0.2) is 0 Å². The van der Waals surface area contributed by atoms with Crippen LogP contribution in [0.25, 0.3) is 10.9 Å². The van der Waals surface area contributed by atoms with Crippen LogP contribution in [0.4, 0.5) is 0 Å². The molecule has 0 bridgehead atoms. The highest BCUT2D eigenvalue weighted by molar-refractivity contribution is 9.10. The molecule has 1 saturated carbocycles. The Balaban J connectivity index is 2.34. The van der Waals surface area contributed by atoms with E-state index in [0.717, 1.165) is 4.60 Å². The van der Waals surface area contributed by atoms with Crippen LogP contribution in [-0.2, 0) is 0 Å². The first kappa shape index (κ1) is 7.56. The Labute approximate surface area is 84.7 Å². The lowest BCUT2D eigenvalue weighted by Crippen LogP contribution is -1.94. The average molecular weight is 237 g/mol. The van der Waals surface area contributed by atoms with Crippen molar-refractivity contribution in [3.05, 3.63) is 28.9 Å². The van der Waals surface area contributed by atoms with Crippen molar-refractivity contribution in [2.75, 3.05) is 0 Å². The van der Waals surface area contributed by atoms with E-state index < -0.39 is 0 Å². The molecule has 0 saturated heterocycles. The van der Waals surface area contributed by atoms with Gasteiger partial charge in [0, 0.05) is 5.39 Å². The van der Waals surface area contributed by atoms with Crippen molar-refractivity contribution in [2.45, 2.75) is 18.9 Å². The predicted octanol–water partition coefficient (Wildman–Crippen LogP) is 3.13. The Kier molecular flexibility index (Phi) is 1.50. The van der Waals surface area contributed by atoms with Crippen LogP contribution in [0.3, 0.4) is 0 Å². The van der Waals surface area contributed by atoms with Crippen molar-refractivity contribution in [1.82, 2.24) is 9.78 Å². The van der Waals surface area contributed by atoms with E-state index in [0.29, 0.717) is 6.04 Å². The fourth-order valence-corrected chi connectivity index (χ4v) is 2.15. The van der Waals surface area contributed by atoms with Gasteiger partial charge >= 0.3 is 0 Å². The summed E-state index contributed by atoms with van der Waals surface area (Å²) in [5, 5.41) is 5.70. The number of hydrogen-bond donors (Lipinski definition) is 0. The number of rotatable bonds is 1. The van der Waals surface area contributed by atoms with Gasteiger partial charge in [-0.05, 0) is 34.8 Å². The first-order chi connectivity index (χ1) is 6.36. The van der Waals surface area contributed by atoms with Gasteiger partial charge < -0.3 is 0 Å². The maximum Gasteiger partial charge on any atom is 0.136 e. The lowest BCUT2D eigenvalue weighted by molar-refractivity contribution is 0.660. The summed E-state index contributed by atoms with van der Waals surface area (Å²) in [5.41, 5.74) is 1.25. The molecule has 13 heavy (non-hydrogen) atoms. The summed E-state index contributed by atoms with van der Waals surface area (Å²) in [7, 11) is 0. The van der Waals surface area contributed by atoms with E-state index in [2.05, 4.69) is 43.9 Å². The summed E-state index contributed by atoms with van der Waals surface area (Å²) in [6.45, 7) is 0. The Hall–Kier alpha value is -0.830. The van der Waals surface area contributed by atoms with Gasteiger partial charge in [-0.2, -0.15) is 5.10 Å². The minimum atomic E-state index is 0.649. The topological polar surface area (TPSA) is 17.8 Å². The highest BCUT2D eigenvalue weighted by atomic mass is 79.9. The molecule has 1 fully saturated rings. The fourth-order valence-electron chi connectivity index (χ4n) is 1.65. The largest absolute Gasteiger partial charge is 0.261 e. The van der Waals surface area contributed by atoms with Crippen LogP contribution in [0.15, 0.2) is 28.9 Å². The smallest absolute Gasteiger partial charge is 0.136 e. The lowest BCUT2D eigenvalue weighted by atomic mass is 10.2. The van der Waals surface area contributed by atoms with E-state index in [-0.39, 0.29) is 0 Å². The molecular weight excluding hydrogens is 228 g/mol. The van der Waals surface area contributed by atoms with E-state index >= 15 is 0 Å². The number of benzene rings is 1. The molecule has 3 rings (SSSR count). The molecule has 1 aromatic carbocycles.